The third-order valence-electron chi connectivity index (χ3n) is 6.65. The number of pyridine rings is 1. The highest BCUT2D eigenvalue weighted by atomic mass is 32.2. The molecule has 11 heteroatoms. The summed E-state index contributed by atoms with van der Waals surface area (Å²) in [6.45, 7) is 4.86. The number of amides is 2. The number of nitrogens with one attached hydrogen (secondary N) is 1. The summed E-state index contributed by atoms with van der Waals surface area (Å²) in [7, 11) is -3.92. The number of primary amides is 1. The van der Waals surface area contributed by atoms with Crippen LogP contribution in [0, 0.1) is 6.92 Å². The number of sulfonamides is 1. The molecule has 2 amide bonds. The Morgan fingerprint density at radius 1 is 1.14 bits per heavy atom. The van der Waals surface area contributed by atoms with Crippen molar-refractivity contribution in [3.63, 3.8) is 0 Å². The number of fused-ring (bicyclic) bond motifs is 2. The first-order chi connectivity index (χ1) is 17.2. The minimum atomic E-state index is -3.92. The Morgan fingerprint density at radius 3 is 2.58 bits per heavy atom. The maximum absolute atomic E-state index is 13.7. The SMILES string of the molecule is CC(=O)N1CCN(S(=O)(=O)c2cc(C)cc3c(Nc4cccc5c4CCO5)c(C(N)=O)cnc23)CC1. The lowest BCUT2D eigenvalue weighted by molar-refractivity contribution is -0.129. The maximum Gasteiger partial charge on any atom is 0.252 e. The van der Waals surface area contributed by atoms with Crippen molar-refractivity contribution >= 4 is 44.1 Å². The van der Waals surface area contributed by atoms with Gasteiger partial charge in [-0.05, 0) is 36.8 Å². The van der Waals surface area contributed by atoms with Crippen molar-refractivity contribution in [1.82, 2.24) is 14.2 Å². The van der Waals surface area contributed by atoms with E-state index in [1.54, 1.807) is 24.0 Å². The number of benzene rings is 2. The summed E-state index contributed by atoms with van der Waals surface area (Å²) in [6.07, 6.45) is 2.02. The number of hydrogen-bond acceptors (Lipinski definition) is 7. The average molecular weight is 510 g/mol. The number of aryl methyl sites for hydroxylation is 1. The molecule has 0 aliphatic carbocycles. The number of aromatic nitrogens is 1. The van der Waals surface area contributed by atoms with Crippen molar-refractivity contribution in [2.75, 3.05) is 38.1 Å². The molecule has 5 rings (SSSR count). The van der Waals surface area contributed by atoms with Gasteiger partial charge in [-0.3, -0.25) is 14.6 Å². The van der Waals surface area contributed by atoms with Crippen LogP contribution in [0.5, 0.6) is 5.75 Å². The number of carbonyl (C=O) groups is 2. The second-order valence-electron chi connectivity index (χ2n) is 8.99. The van der Waals surface area contributed by atoms with Crippen molar-refractivity contribution in [3.05, 3.63) is 53.2 Å². The lowest BCUT2D eigenvalue weighted by Gasteiger charge is -2.33. The zero-order valence-electron chi connectivity index (χ0n) is 20.1. The number of nitrogens with zero attached hydrogens (tertiary/aromatic N) is 3. The smallest absolute Gasteiger partial charge is 0.252 e. The highest BCUT2D eigenvalue weighted by molar-refractivity contribution is 7.89. The molecule has 1 aromatic heterocycles. The molecule has 3 aromatic rings. The molecule has 0 radical (unpaired) electrons. The molecule has 36 heavy (non-hydrogen) atoms. The molecule has 1 saturated heterocycles. The predicted octanol–water partition coefficient (Wildman–Crippen LogP) is 2.17. The van der Waals surface area contributed by atoms with Gasteiger partial charge in [0.05, 0.1) is 23.4 Å². The van der Waals surface area contributed by atoms with Gasteiger partial charge in [0, 0.05) is 62.4 Å². The number of anilines is 2. The maximum atomic E-state index is 13.7. The van der Waals surface area contributed by atoms with E-state index in [0.29, 0.717) is 42.8 Å². The summed E-state index contributed by atoms with van der Waals surface area (Å²) in [6, 6.07) is 9.00. The van der Waals surface area contributed by atoms with E-state index in [1.807, 2.05) is 18.2 Å². The van der Waals surface area contributed by atoms with Crippen LogP contribution in [-0.2, 0) is 21.2 Å². The van der Waals surface area contributed by atoms with Crippen LogP contribution in [0.3, 0.4) is 0 Å². The summed E-state index contributed by atoms with van der Waals surface area (Å²) in [5, 5.41) is 3.80. The fraction of sp³-hybridized carbons (Fsp3) is 0.320. The number of rotatable bonds is 5. The van der Waals surface area contributed by atoms with Gasteiger partial charge in [0.25, 0.3) is 5.91 Å². The zero-order valence-corrected chi connectivity index (χ0v) is 20.9. The molecule has 10 nitrogen and oxygen atoms in total. The Balaban J connectivity index is 1.63. The third kappa shape index (κ3) is 4.14. The van der Waals surface area contributed by atoms with Crippen molar-refractivity contribution in [3.8, 4) is 5.75 Å². The largest absolute Gasteiger partial charge is 0.493 e. The predicted molar refractivity (Wildman–Crippen MR) is 135 cm³/mol. The summed E-state index contributed by atoms with van der Waals surface area (Å²) in [5.74, 6) is 0.00680. The molecule has 2 aliphatic rings. The van der Waals surface area contributed by atoms with Gasteiger partial charge in [-0.1, -0.05) is 6.07 Å². The molecule has 3 heterocycles. The summed E-state index contributed by atoms with van der Waals surface area (Å²) < 4.78 is 34.5. The molecule has 0 saturated carbocycles. The molecule has 0 spiro atoms. The van der Waals surface area contributed by atoms with Gasteiger partial charge < -0.3 is 20.7 Å². The highest BCUT2D eigenvalue weighted by Gasteiger charge is 2.32. The molecule has 0 unspecified atom stereocenters. The summed E-state index contributed by atoms with van der Waals surface area (Å²) in [5.41, 5.74) is 8.90. The quantitative estimate of drug-likeness (QED) is 0.538. The van der Waals surface area contributed by atoms with Gasteiger partial charge in [0.2, 0.25) is 15.9 Å². The monoisotopic (exact) mass is 509 g/mol. The van der Waals surface area contributed by atoms with Gasteiger partial charge >= 0.3 is 0 Å². The minimum absolute atomic E-state index is 0.0504. The van der Waals surface area contributed by atoms with E-state index in [1.165, 1.54) is 17.4 Å². The van der Waals surface area contributed by atoms with E-state index >= 15 is 0 Å². The van der Waals surface area contributed by atoms with E-state index in [4.69, 9.17) is 10.5 Å². The molecule has 0 bridgehead atoms. The minimum Gasteiger partial charge on any atom is -0.493 e. The average Bonchev–Trinajstić information content (AvgIpc) is 3.33. The fourth-order valence-corrected chi connectivity index (χ4v) is 6.45. The summed E-state index contributed by atoms with van der Waals surface area (Å²) >= 11 is 0. The molecule has 3 N–H and O–H groups in total. The first-order valence-electron chi connectivity index (χ1n) is 11.7. The van der Waals surface area contributed by atoms with E-state index in [0.717, 1.165) is 17.0 Å². The molecule has 188 valence electrons. The molecule has 2 aliphatic heterocycles. The molecular formula is C25H27N5O5S. The zero-order chi connectivity index (χ0) is 25.6. The van der Waals surface area contributed by atoms with Crippen LogP contribution in [0.2, 0.25) is 0 Å². The van der Waals surface area contributed by atoms with Crippen molar-refractivity contribution in [1.29, 1.82) is 0 Å². The number of ether oxygens (including phenoxy) is 1. The standard InChI is InChI=1S/C25H27N5O5S/c1-15-12-18-23(28-20-4-3-5-21-17(20)6-11-35-21)19(25(26)32)14-27-24(18)22(13-15)36(33,34)30-9-7-29(8-10-30)16(2)31/h3-5,12-14H,6-11H2,1-2H3,(H2,26,32)(H,27,28). The van der Waals surface area contributed by atoms with E-state index in [-0.39, 0.29) is 35.0 Å². The fourth-order valence-electron chi connectivity index (χ4n) is 4.78. The topological polar surface area (TPSA) is 135 Å². The first-order valence-corrected chi connectivity index (χ1v) is 13.1. The van der Waals surface area contributed by atoms with Crippen LogP contribution in [0.25, 0.3) is 10.9 Å². The normalized spacial score (nSPS) is 16.0. The Hall–Kier alpha value is -3.70. The third-order valence-corrected chi connectivity index (χ3v) is 8.56. The Morgan fingerprint density at radius 2 is 1.89 bits per heavy atom. The van der Waals surface area contributed by atoms with Crippen LogP contribution in [-0.4, -0.2) is 67.2 Å². The number of nitrogens with two attached hydrogens (primary N) is 1. The molecule has 1 fully saturated rings. The Labute approximate surface area is 209 Å². The van der Waals surface area contributed by atoms with Crippen molar-refractivity contribution in [2.45, 2.75) is 25.2 Å². The second kappa shape index (κ2) is 9.07. The first kappa shape index (κ1) is 24.0. The van der Waals surface area contributed by atoms with Gasteiger partial charge in [0.15, 0.2) is 0 Å². The van der Waals surface area contributed by atoms with E-state index in [9.17, 15) is 18.0 Å². The van der Waals surface area contributed by atoms with Crippen LogP contribution in [0.4, 0.5) is 11.4 Å². The van der Waals surface area contributed by atoms with Crippen LogP contribution in [0.1, 0.15) is 28.4 Å². The van der Waals surface area contributed by atoms with E-state index < -0.39 is 15.9 Å². The number of carbonyl (C=O) groups excluding carboxylic acids is 2. The molecule has 2 aromatic carbocycles. The van der Waals surface area contributed by atoms with Gasteiger partial charge in [0.1, 0.15) is 10.6 Å². The van der Waals surface area contributed by atoms with Crippen LogP contribution >= 0.6 is 0 Å². The highest BCUT2D eigenvalue weighted by Crippen LogP contribution is 2.38. The van der Waals surface area contributed by atoms with Crippen LogP contribution < -0.4 is 15.8 Å². The second-order valence-corrected chi connectivity index (χ2v) is 10.9. The van der Waals surface area contributed by atoms with Crippen LogP contribution in [0.15, 0.2) is 41.4 Å². The van der Waals surface area contributed by atoms with E-state index in [2.05, 4.69) is 10.3 Å². The van der Waals surface area contributed by atoms with Gasteiger partial charge in [-0.15, -0.1) is 0 Å². The molecule has 0 atom stereocenters. The number of piperazine rings is 1. The summed E-state index contributed by atoms with van der Waals surface area (Å²) in [4.78, 5) is 30.1. The van der Waals surface area contributed by atoms with Gasteiger partial charge in [-0.25, -0.2) is 8.42 Å². The lowest BCUT2D eigenvalue weighted by Crippen LogP contribution is -2.50. The number of hydrogen-bond donors (Lipinski definition) is 2. The molecular weight excluding hydrogens is 482 g/mol. The Bertz CT molecular complexity index is 1500. The lowest BCUT2D eigenvalue weighted by atomic mass is 10.0. The Kier molecular flexibility index (Phi) is 6.05. The van der Waals surface area contributed by atoms with Crippen molar-refractivity contribution in [2.24, 2.45) is 5.73 Å². The van der Waals surface area contributed by atoms with Gasteiger partial charge in [-0.2, -0.15) is 4.31 Å². The van der Waals surface area contributed by atoms with Crippen molar-refractivity contribution < 1.29 is 22.7 Å².